The highest BCUT2D eigenvalue weighted by molar-refractivity contribution is 9.10. The van der Waals surface area contributed by atoms with E-state index in [2.05, 4.69) is 15.9 Å². The molecule has 3 aromatic rings. The molecular formula is C17H12BrNO4. The lowest BCUT2D eigenvalue weighted by molar-refractivity contribution is 0.0996. The van der Waals surface area contributed by atoms with Crippen LogP contribution in [0.4, 0.5) is 0 Å². The Bertz CT molecular complexity index is 949. The third-order valence-electron chi connectivity index (χ3n) is 3.33. The highest BCUT2D eigenvalue weighted by Crippen LogP contribution is 2.24. The summed E-state index contributed by atoms with van der Waals surface area (Å²) >= 11 is 3.34. The summed E-state index contributed by atoms with van der Waals surface area (Å²) in [6.45, 7) is 0.119. The first kappa shape index (κ1) is 15.3. The van der Waals surface area contributed by atoms with Crippen LogP contribution in [0.1, 0.15) is 15.9 Å². The number of hydrogen-bond donors (Lipinski definition) is 1. The van der Waals surface area contributed by atoms with E-state index in [0.29, 0.717) is 22.5 Å². The van der Waals surface area contributed by atoms with E-state index in [0.717, 1.165) is 9.86 Å². The Kier molecular flexibility index (Phi) is 4.16. The fourth-order valence-corrected chi connectivity index (χ4v) is 2.61. The van der Waals surface area contributed by atoms with Gasteiger partial charge in [-0.1, -0.05) is 28.1 Å². The number of amides is 1. The van der Waals surface area contributed by atoms with Crippen molar-refractivity contribution in [3.63, 3.8) is 0 Å². The van der Waals surface area contributed by atoms with Gasteiger partial charge in [-0.25, -0.2) is 4.79 Å². The Labute approximate surface area is 139 Å². The Morgan fingerprint density at radius 3 is 2.74 bits per heavy atom. The molecule has 116 valence electrons. The second-order valence-corrected chi connectivity index (χ2v) is 5.80. The Balaban J connectivity index is 1.97. The van der Waals surface area contributed by atoms with Gasteiger partial charge in [0.15, 0.2) is 0 Å². The molecule has 2 aromatic carbocycles. The van der Waals surface area contributed by atoms with Gasteiger partial charge in [-0.05, 0) is 30.3 Å². The number of halogens is 1. The molecule has 0 saturated carbocycles. The molecule has 6 heteroatoms. The minimum atomic E-state index is -0.568. The third kappa shape index (κ3) is 3.27. The summed E-state index contributed by atoms with van der Waals surface area (Å²) in [5.41, 5.74) is 6.29. The molecule has 0 spiro atoms. The number of carbonyl (C=O) groups is 1. The molecule has 3 rings (SSSR count). The lowest BCUT2D eigenvalue weighted by Crippen LogP contribution is -2.13. The van der Waals surface area contributed by atoms with Crippen LogP contribution in [0, 0.1) is 0 Å². The smallest absolute Gasteiger partial charge is 0.336 e. The quantitative estimate of drug-likeness (QED) is 0.711. The number of carbonyl (C=O) groups excluding carboxylic acids is 1. The standard InChI is InChI=1S/C17H12BrNO4/c18-11-5-6-12-10(7-16(20)23-15(12)8-11)9-22-14-4-2-1-3-13(14)17(19)21/h1-8H,9H2,(H2,19,21). The number of nitrogens with two attached hydrogens (primary N) is 1. The van der Waals surface area contributed by atoms with Crippen LogP contribution in [0.15, 0.2) is 62.2 Å². The molecule has 0 atom stereocenters. The largest absolute Gasteiger partial charge is 0.488 e. The van der Waals surface area contributed by atoms with Crippen molar-refractivity contribution < 1.29 is 13.9 Å². The van der Waals surface area contributed by atoms with Crippen molar-refractivity contribution in [1.82, 2.24) is 0 Å². The summed E-state index contributed by atoms with van der Waals surface area (Å²) in [6.07, 6.45) is 0. The number of rotatable bonds is 4. The summed E-state index contributed by atoms with van der Waals surface area (Å²) < 4.78 is 11.7. The first-order valence-corrected chi connectivity index (χ1v) is 7.58. The lowest BCUT2D eigenvalue weighted by atomic mass is 10.1. The van der Waals surface area contributed by atoms with E-state index in [-0.39, 0.29) is 6.61 Å². The predicted molar refractivity (Wildman–Crippen MR) is 89.5 cm³/mol. The van der Waals surface area contributed by atoms with E-state index >= 15 is 0 Å². The normalized spacial score (nSPS) is 10.7. The van der Waals surface area contributed by atoms with Crippen LogP contribution in [0.2, 0.25) is 0 Å². The number of benzene rings is 2. The topological polar surface area (TPSA) is 82.5 Å². The summed E-state index contributed by atoms with van der Waals surface area (Å²) in [6, 6.07) is 13.5. The van der Waals surface area contributed by atoms with Gasteiger partial charge in [-0.15, -0.1) is 0 Å². The first-order valence-electron chi connectivity index (χ1n) is 6.78. The van der Waals surface area contributed by atoms with E-state index < -0.39 is 11.5 Å². The number of para-hydroxylation sites is 1. The molecule has 0 radical (unpaired) electrons. The third-order valence-corrected chi connectivity index (χ3v) is 3.82. The molecule has 0 aliphatic rings. The second kappa shape index (κ2) is 6.26. The van der Waals surface area contributed by atoms with Crippen molar-refractivity contribution in [2.75, 3.05) is 0 Å². The van der Waals surface area contributed by atoms with E-state index in [1.165, 1.54) is 6.07 Å². The molecule has 1 amide bonds. The van der Waals surface area contributed by atoms with Crippen LogP contribution in [-0.2, 0) is 6.61 Å². The molecule has 0 unspecified atom stereocenters. The van der Waals surface area contributed by atoms with Crippen molar-refractivity contribution in [3.05, 3.63) is 74.6 Å². The van der Waals surface area contributed by atoms with E-state index in [1.54, 1.807) is 30.3 Å². The van der Waals surface area contributed by atoms with Gasteiger partial charge >= 0.3 is 5.63 Å². The molecule has 1 aromatic heterocycles. The van der Waals surface area contributed by atoms with Crippen molar-refractivity contribution in [2.24, 2.45) is 5.73 Å². The van der Waals surface area contributed by atoms with E-state index in [9.17, 15) is 9.59 Å². The predicted octanol–water partition coefficient (Wildman–Crippen LogP) is 3.23. The first-order chi connectivity index (χ1) is 11.0. The molecule has 0 bridgehead atoms. The van der Waals surface area contributed by atoms with Crippen molar-refractivity contribution in [3.8, 4) is 5.75 Å². The summed E-state index contributed by atoms with van der Waals surface area (Å²) in [5, 5.41) is 0.768. The number of fused-ring (bicyclic) bond motifs is 1. The highest BCUT2D eigenvalue weighted by atomic mass is 79.9. The molecule has 0 fully saturated rings. The Morgan fingerprint density at radius 1 is 1.17 bits per heavy atom. The molecule has 0 aliphatic heterocycles. The SMILES string of the molecule is NC(=O)c1ccccc1OCc1cc(=O)oc2cc(Br)ccc12. The number of hydrogen-bond acceptors (Lipinski definition) is 4. The number of primary amides is 1. The maximum Gasteiger partial charge on any atom is 0.336 e. The zero-order valence-corrected chi connectivity index (χ0v) is 13.5. The minimum Gasteiger partial charge on any atom is -0.488 e. The molecule has 0 aliphatic carbocycles. The van der Waals surface area contributed by atoms with Gasteiger partial charge in [0.1, 0.15) is 17.9 Å². The fraction of sp³-hybridized carbons (Fsp3) is 0.0588. The second-order valence-electron chi connectivity index (χ2n) is 4.88. The molecule has 1 heterocycles. The van der Waals surface area contributed by atoms with Gasteiger partial charge in [0.2, 0.25) is 0 Å². The van der Waals surface area contributed by atoms with Crippen molar-refractivity contribution in [2.45, 2.75) is 6.61 Å². The summed E-state index contributed by atoms with van der Waals surface area (Å²) in [4.78, 5) is 23.1. The Morgan fingerprint density at radius 2 is 1.96 bits per heavy atom. The van der Waals surface area contributed by atoms with E-state index in [1.807, 2.05) is 12.1 Å². The van der Waals surface area contributed by atoms with Crippen LogP contribution in [-0.4, -0.2) is 5.91 Å². The van der Waals surface area contributed by atoms with Crippen LogP contribution < -0.4 is 16.1 Å². The van der Waals surface area contributed by atoms with Gasteiger partial charge in [0, 0.05) is 21.5 Å². The van der Waals surface area contributed by atoms with Gasteiger partial charge in [-0.3, -0.25) is 4.79 Å². The number of ether oxygens (including phenoxy) is 1. The monoisotopic (exact) mass is 373 g/mol. The van der Waals surface area contributed by atoms with Gasteiger partial charge in [-0.2, -0.15) is 0 Å². The van der Waals surface area contributed by atoms with E-state index in [4.69, 9.17) is 14.9 Å². The Hall–Kier alpha value is -2.60. The zero-order valence-electron chi connectivity index (χ0n) is 11.9. The summed E-state index contributed by atoms with van der Waals surface area (Å²) in [5.74, 6) is -0.194. The maximum absolute atomic E-state index is 11.7. The maximum atomic E-state index is 11.7. The van der Waals surface area contributed by atoms with Gasteiger partial charge in [0.25, 0.3) is 5.91 Å². The minimum absolute atomic E-state index is 0.119. The molecule has 0 saturated heterocycles. The van der Waals surface area contributed by atoms with Gasteiger partial charge in [0.05, 0.1) is 5.56 Å². The van der Waals surface area contributed by atoms with Gasteiger partial charge < -0.3 is 14.9 Å². The van der Waals surface area contributed by atoms with Crippen molar-refractivity contribution >= 4 is 32.8 Å². The average molecular weight is 374 g/mol. The average Bonchev–Trinajstić information content (AvgIpc) is 2.52. The molecule has 5 nitrogen and oxygen atoms in total. The molecule has 23 heavy (non-hydrogen) atoms. The van der Waals surface area contributed by atoms with Crippen LogP contribution in [0.5, 0.6) is 5.75 Å². The highest BCUT2D eigenvalue weighted by Gasteiger charge is 2.11. The van der Waals surface area contributed by atoms with Crippen LogP contribution in [0.3, 0.4) is 0 Å². The molecular weight excluding hydrogens is 362 g/mol. The van der Waals surface area contributed by atoms with Crippen LogP contribution in [0.25, 0.3) is 11.0 Å². The van der Waals surface area contributed by atoms with Crippen molar-refractivity contribution in [1.29, 1.82) is 0 Å². The summed E-state index contributed by atoms with van der Waals surface area (Å²) in [7, 11) is 0. The zero-order chi connectivity index (χ0) is 16.4. The van der Waals surface area contributed by atoms with Crippen LogP contribution >= 0.6 is 15.9 Å². The lowest BCUT2D eigenvalue weighted by Gasteiger charge is -2.10. The molecule has 2 N–H and O–H groups in total. The fourth-order valence-electron chi connectivity index (χ4n) is 2.27.